The van der Waals surface area contributed by atoms with Crippen LogP contribution in [0.3, 0.4) is 0 Å². The molecule has 0 N–H and O–H groups in total. The minimum atomic E-state index is 0.441. The Labute approximate surface area is 103 Å². The third-order valence-electron chi connectivity index (χ3n) is 2.29. The van der Waals surface area contributed by atoms with Crippen LogP contribution in [0.15, 0.2) is 36.5 Å². The van der Waals surface area contributed by atoms with Crippen LogP contribution < -0.4 is 0 Å². The fourth-order valence-electron chi connectivity index (χ4n) is 1.56. The van der Waals surface area contributed by atoms with E-state index in [0.29, 0.717) is 6.04 Å². The summed E-state index contributed by atoms with van der Waals surface area (Å²) in [7, 11) is 0. The maximum absolute atomic E-state index is 4.55. The van der Waals surface area contributed by atoms with E-state index in [-0.39, 0.29) is 0 Å². The Morgan fingerprint density at radius 2 is 1.87 bits per heavy atom. The summed E-state index contributed by atoms with van der Waals surface area (Å²) in [6, 6.07) is 10.7. The van der Waals surface area contributed by atoms with Crippen molar-refractivity contribution >= 4 is 22.6 Å². The highest BCUT2D eigenvalue weighted by Gasteiger charge is 2.10. The Hall–Kier alpha value is -0.840. The smallest absolute Gasteiger partial charge is 0.141 e. The average molecular weight is 312 g/mol. The number of hydrogen-bond acceptors (Lipinski definition) is 1. The van der Waals surface area contributed by atoms with Crippen LogP contribution in [0.25, 0.3) is 11.4 Å². The van der Waals surface area contributed by atoms with E-state index in [1.807, 2.05) is 18.2 Å². The SMILES string of the molecule is CC(C)n1cc(I)nc1-c1ccccc1. The lowest BCUT2D eigenvalue weighted by Gasteiger charge is -2.10. The van der Waals surface area contributed by atoms with Crippen molar-refractivity contribution in [2.75, 3.05) is 0 Å². The Balaban J connectivity index is 2.53. The van der Waals surface area contributed by atoms with Gasteiger partial charge in [-0.2, -0.15) is 0 Å². The van der Waals surface area contributed by atoms with Gasteiger partial charge in [0.1, 0.15) is 9.53 Å². The van der Waals surface area contributed by atoms with Crippen molar-refractivity contribution < 1.29 is 0 Å². The zero-order chi connectivity index (χ0) is 10.8. The molecule has 15 heavy (non-hydrogen) atoms. The highest BCUT2D eigenvalue weighted by Crippen LogP contribution is 2.22. The van der Waals surface area contributed by atoms with Gasteiger partial charge in [0.05, 0.1) is 0 Å². The first-order valence-electron chi connectivity index (χ1n) is 4.98. The molecule has 0 aliphatic heterocycles. The predicted molar refractivity (Wildman–Crippen MR) is 70.8 cm³/mol. The summed E-state index contributed by atoms with van der Waals surface area (Å²) < 4.78 is 3.25. The van der Waals surface area contributed by atoms with E-state index >= 15 is 0 Å². The molecule has 0 bridgehead atoms. The molecule has 1 aromatic heterocycles. The fourth-order valence-corrected chi connectivity index (χ4v) is 2.09. The number of hydrogen-bond donors (Lipinski definition) is 0. The molecule has 1 aromatic carbocycles. The second-order valence-corrected chi connectivity index (χ2v) is 4.86. The van der Waals surface area contributed by atoms with Crippen molar-refractivity contribution in [1.82, 2.24) is 9.55 Å². The zero-order valence-corrected chi connectivity index (χ0v) is 11.0. The van der Waals surface area contributed by atoms with Gasteiger partial charge in [0.25, 0.3) is 0 Å². The Bertz CT molecular complexity index is 446. The van der Waals surface area contributed by atoms with Crippen LogP contribution in [0.1, 0.15) is 19.9 Å². The van der Waals surface area contributed by atoms with Gasteiger partial charge in [0.2, 0.25) is 0 Å². The number of benzene rings is 1. The van der Waals surface area contributed by atoms with Crippen LogP contribution in [0.4, 0.5) is 0 Å². The fraction of sp³-hybridized carbons (Fsp3) is 0.250. The lowest BCUT2D eigenvalue weighted by Crippen LogP contribution is -2.01. The van der Waals surface area contributed by atoms with Gasteiger partial charge in [0.15, 0.2) is 0 Å². The first-order valence-corrected chi connectivity index (χ1v) is 6.06. The quantitative estimate of drug-likeness (QED) is 0.773. The maximum atomic E-state index is 4.55. The molecular weight excluding hydrogens is 299 g/mol. The molecule has 2 nitrogen and oxygen atoms in total. The van der Waals surface area contributed by atoms with Crippen molar-refractivity contribution in [3.05, 3.63) is 40.2 Å². The lowest BCUT2D eigenvalue weighted by molar-refractivity contribution is 0.606. The minimum Gasteiger partial charge on any atom is -0.327 e. The van der Waals surface area contributed by atoms with Crippen LogP contribution in [-0.4, -0.2) is 9.55 Å². The maximum Gasteiger partial charge on any atom is 0.141 e. The first-order chi connectivity index (χ1) is 7.18. The summed E-state index contributed by atoms with van der Waals surface area (Å²) in [5.74, 6) is 1.05. The molecule has 2 rings (SSSR count). The Kier molecular flexibility index (Phi) is 3.09. The molecule has 0 unspecified atom stereocenters. The summed E-state index contributed by atoms with van der Waals surface area (Å²) in [6.07, 6.45) is 2.09. The van der Waals surface area contributed by atoms with Crippen LogP contribution >= 0.6 is 22.6 Å². The highest BCUT2D eigenvalue weighted by molar-refractivity contribution is 14.1. The van der Waals surface area contributed by atoms with E-state index in [1.165, 1.54) is 5.56 Å². The van der Waals surface area contributed by atoms with Crippen LogP contribution in [0.2, 0.25) is 0 Å². The minimum absolute atomic E-state index is 0.441. The molecule has 2 aromatic rings. The number of nitrogens with zero attached hydrogens (tertiary/aromatic N) is 2. The van der Waals surface area contributed by atoms with E-state index in [1.54, 1.807) is 0 Å². The molecule has 0 saturated heterocycles. The standard InChI is InChI=1S/C12H13IN2/c1-9(2)15-8-11(13)14-12(15)10-6-4-3-5-7-10/h3-9H,1-2H3. The molecule has 0 radical (unpaired) electrons. The first kappa shape index (κ1) is 10.7. The molecule has 0 aliphatic carbocycles. The third kappa shape index (κ3) is 2.22. The van der Waals surface area contributed by atoms with Gasteiger partial charge in [-0.3, -0.25) is 0 Å². The van der Waals surface area contributed by atoms with E-state index < -0.39 is 0 Å². The number of halogens is 1. The molecule has 78 valence electrons. The second-order valence-electron chi connectivity index (χ2n) is 3.75. The Morgan fingerprint density at radius 3 is 2.47 bits per heavy atom. The molecule has 0 fully saturated rings. The van der Waals surface area contributed by atoms with Crippen LogP contribution in [0.5, 0.6) is 0 Å². The van der Waals surface area contributed by atoms with Crippen molar-refractivity contribution in [2.45, 2.75) is 19.9 Å². The average Bonchev–Trinajstić information content (AvgIpc) is 2.62. The van der Waals surface area contributed by atoms with Crippen LogP contribution in [0, 0.1) is 3.70 Å². The third-order valence-corrected chi connectivity index (χ3v) is 2.81. The molecule has 0 aliphatic rings. The summed E-state index contributed by atoms with van der Waals surface area (Å²) in [4.78, 5) is 4.55. The molecule has 0 amide bonds. The van der Waals surface area contributed by atoms with Crippen molar-refractivity contribution in [2.24, 2.45) is 0 Å². The number of imidazole rings is 1. The summed E-state index contributed by atoms with van der Waals surface area (Å²) in [5, 5.41) is 0. The topological polar surface area (TPSA) is 17.8 Å². The Morgan fingerprint density at radius 1 is 1.20 bits per heavy atom. The second kappa shape index (κ2) is 4.35. The predicted octanol–water partition coefficient (Wildman–Crippen LogP) is 3.74. The van der Waals surface area contributed by atoms with E-state index in [2.05, 4.69) is 64.3 Å². The van der Waals surface area contributed by atoms with Gasteiger partial charge in [-0.05, 0) is 36.4 Å². The molecule has 1 heterocycles. The van der Waals surface area contributed by atoms with Gasteiger partial charge in [-0.25, -0.2) is 4.98 Å². The van der Waals surface area contributed by atoms with Crippen molar-refractivity contribution in [1.29, 1.82) is 0 Å². The molecule has 0 spiro atoms. The largest absolute Gasteiger partial charge is 0.327 e. The summed E-state index contributed by atoms with van der Waals surface area (Å²) >= 11 is 2.25. The molecule has 0 atom stereocenters. The zero-order valence-electron chi connectivity index (χ0n) is 8.81. The van der Waals surface area contributed by atoms with Gasteiger partial charge in [-0.1, -0.05) is 30.3 Å². The van der Waals surface area contributed by atoms with Gasteiger partial charge in [-0.15, -0.1) is 0 Å². The van der Waals surface area contributed by atoms with E-state index in [0.717, 1.165) is 9.53 Å². The van der Waals surface area contributed by atoms with E-state index in [9.17, 15) is 0 Å². The van der Waals surface area contributed by atoms with Gasteiger partial charge >= 0.3 is 0 Å². The number of rotatable bonds is 2. The lowest BCUT2D eigenvalue weighted by atomic mass is 10.2. The van der Waals surface area contributed by atoms with Gasteiger partial charge in [0, 0.05) is 17.8 Å². The van der Waals surface area contributed by atoms with Crippen LogP contribution in [-0.2, 0) is 0 Å². The van der Waals surface area contributed by atoms with E-state index in [4.69, 9.17) is 0 Å². The normalized spacial score (nSPS) is 10.9. The molecular formula is C12H13IN2. The van der Waals surface area contributed by atoms with Crippen molar-refractivity contribution in [3.8, 4) is 11.4 Å². The summed E-state index contributed by atoms with van der Waals surface area (Å²) in [5.41, 5.74) is 1.18. The molecule has 0 saturated carbocycles. The van der Waals surface area contributed by atoms with Crippen molar-refractivity contribution in [3.63, 3.8) is 0 Å². The summed E-state index contributed by atoms with van der Waals surface area (Å²) in [6.45, 7) is 4.34. The highest BCUT2D eigenvalue weighted by atomic mass is 127. The van der Waals surface area contributed by atoms with Gasteiger partial charge < -0.3 is 4.57 Å². The number of aromatic nitrogens is 2. The monoisotopic (exact) mass is 312 g/mol. The molecule has 3 heteroatoms.